The molecule has 1 aromatic carbocycles. The molecule has 6 nitrogen and oxygen atoms in total. The van der Waals surface area contributed by atoms with Crippen LogP contribution in [0.5, 0.6) is 0 Å². The molecule has 0 spiro atoms. The number of nitrogens with zero attached hydrogens (tertiary/aromatic N) is 3. The van der Waals surface area contributed by atoms with Crippen LogP contribution in [-0.2, 0) is 13.1 Å². The molecule has 0 bridgehead atoms. The van der Waals surface area contributed by atoms with Gasteiger partial charge in [-0.25, -0.2) is 4.39 Å². The fraction of sp³-hybridized carbons (Fsp3) is 0.267. The van der Waals surface area contributed by atoms with Crippen molar-refractivity contribution < 1.29 is 4.39 Å². The second-order valence-electron chi connectivity index (χ2n) is 5.05. The average molecular weight is 301 g/mol. The molecule has 0 radical (unpaired) electrons. The van der Waals surface area contributed by atoms with E-state index in [0.29, 0.717) is 17.4 Å². The van der Waals surface area contributed by atoms with Gasteiger partial charge < -0.3 is 10.3 Å². The molecule has 2 N–H and O–H groups in total. The van der Waals surface area contributed by atoms with Gasteiger partial charge in [0.2, 0.25) is 0 Å². The van der Waals surface area contributed by atoms with Gasteiger partial charge in [0, 0.05) is 41.9 Å². The van der Waals surface area contributed by atoms with Gasteiger partial charge in [0.15, 0.2) is 5.43 Å². The molecule has 0 aliphatic heterocycles. The summed E-state index contributed by atoms with van der Waals surface area (Å²) in [6.07, 6.45) is 4.38. The molecule has 2 heterocycles. The number of aromatic amines is 1. The van der Waals surface area contributed by atoms with Gasteiger partial charge in [-0.05, 0) is 31.2 Å². The number of pyridine rings is 1. The van der Waals surface area contributed by atoms with E-state index in [1.165, 1.54) is 18.2 Å². The number of hydrogen-bond donors (Lipinski definition) is 2. The number of benzene rings is 1. The minimum absolute atomic E-state index is 0.173. The maximum Gasteiger partial charge on any atom is 0.189 e. The number of rotatable bonds is 6. The van der Waals surface area contributed by atoms with Gasteiger partial charge in [-0.2, -0.15) is 0 Å². The fourth-order valence-electron chi connectivity index (χ4n) is 2.31. The number of hydrogen-bond acceptors (Lipinski definition) is 4. The Balaban J connectivity index is 1.57. The van der Waals surface area contributed by atoms with Crippen LogP contribution in [0.15, 0.2) is 41.5 Å². The van der Waals surface area contributed by atoms with Crippen LogP contribution in [0.25, 0.3) is 10.9 Å². The molecule has 0 fully saturated rings. The van der Waals surface area contributed by atoms with Crippen molar-refractivity contribution in [2.24, 2.45) is 0 Å². The summed E-state index contributed by atoms with van der Waals surface area (Å²) in [6, 6.07) is 5.68. The Bertz CT molecular complexity index is 812. The Morgan fingerprint density at radius 3 is 3.05 bits per heavy atom. The van der Waals surface area contributed by atoms with Gasteiger partial charge in [0.05, 0.1) is 6.20 Å². The van der Waals surface area contributed by atoms with Crippen molar-refractivity contribution in [2.45, 2.75) is 19.5 Å². The highest BCUT2D eigenvalue weighted by atomic mass is 19.1. The van der Waals surface area contributed by atoms with Gasteiger partial charge in [0.25, 0.3) is 0 Å². The Morgan fingerprint density at radius 1 is 1.32 bits per heavy atom. The summed E-state index contributed by atoms with van der Waals surface area (Å²) < 4.78 is 14.9. The normalized spacial score (nSPS) is 11.1. The van der Waals surface area contributed by atoms with Crippen molar-refractivity contribution in [2.75, 3.05) is 6.54 Å². The summed E-state index contributed by atoms with van der Waals surface area (Å²) in [6.45, 7) is 2.14. The number of H-pyrrole nitrogens is 1. The first-order chi connectivity index (χ1) is 10.7. The topological polar surface area (TPSA) is 75.6 Å². The van der Waals surface area contributed by atoms with E-state index >= 15 is 0 Å². The Hall–Kier alpha value is -2.54. The minimum atomic E-state index is -0.406. The monoisotopic (exact) mass is 301 g/mol. The van der Waals surface area contributed by atoms with E-state index in [0.717, 1.165) is 25.2 Å². The molecule has 2 aromatic heterocycles. The number of aromatic nitrogens is 4. The van der Waals surface area contributed by atoms with Crippen LogP contribution in [0.1, 0.15) is 12.1 Å². The van der Waals surface area contributed by atoms with E-state index in [9.17, 15) is 9.18 Å². The highest BCUT2D eigenvalue weighted by Gasteiger charge is 2.03. The zero-order valence-electron chi connectivity index (χ0n) is 11.9. The van der Waals surface area contributed by atoms with Gasteiger partial charge >= 0.3 is 0 Å². The summed E-state index contributed by atoms with van der Waals surface area (Å²) in [5, 5.41) is 11.3. The van der Waals surface area contributed by atoms with Crippen molar-refractivity contribution >= 4 is 10.9 Å². The van der Waals surface area contributed by atoms with E-state index in [-0.39, 0.29) is 5.43 Å². The van der Waals surface area contributed by atoms with Gasteiger partial charge in [-0.1, -0.05) is 5.21 Å². The van der Waals surface area contributed by atoms with E-state index in [1.807, 2.05) is 6.20 Å². The quantitative estimate of drug-likeness (QED) is 0.676. The summed E-state index contributed by atoms with van der Waals surface area (Å²) in [5.41, 5.74) is 1.26. The predicted octanol–water partition coefficient (Wildman–Crippen LogP) is 1.44. The number of fused-ring (bicyclic) bond motifs is 1. The smallest absolute Gasteiger partial charge is 0.189 e. The zero-order valence-corrected chi connectivity index (χ0v) is 11.9. The molecule has 0 saturated heterocycles. The second-order valence-corrected chi connectivity index (χ2v) is 5.05. The first-order valence-corrected chi connectivity index (χ1v) is 7.09. The molecule has 3 rings (SSSR count). The molecule has 7 heteroatoms. The van der Waals surface area contributed by atoms with Gasteiger partial charge in [-0.15, -0.1) is 5.10 Å². The molecular weight excluding hydrogens is 285 g/mol. The van der Waals surface area contributed by atoms with E-state index < -0.39 is 5.82 Å². The van der Waals surface area contributed by atoms with Crippen LogP contribution in [-0.4, -0.2) is 26.5 Å². The van der Waals surface area contributed by atoms with E-state index in [2.05, 4.69) is 20.6 Å². The highest BCUT2D eigenvalue weighted by Crippen LogP contribution is 2.10. The molecule has 3 aromatic rings. The number of aryl methyl sites for hydroxylation is 1. The molecule has 0 atom stereocenters. The van der Waals surface area contributed by atoms with Crippen molar-refractivity contribution in [3.8, 4) is 0 Å². The minimum Gasteiger partial charge on any atom is -0.357 e. The maximum absolute atomic E-state index is 13.1. The SMILES string of the molecule is O=c1cc(CNCCCn2ccnn2)[nH]c2ccc(F)cc12. The lowest BCUT2D eigenvalue weighted by molar-refractivity contribution is 0.528. The average Bonchev–Trinajstić information content (AvgIpc) is 3.01. The van der Waals surface area contributed by atoms with Crippen LogP contribution in [0.2, 0.25) is 0 Å². The number of halogens is 1. The van der Waals surface area contributed by atoms with Crippen LogP contribution >= 0.6 is 0 Å². The third-order valence-corrected chi connectivity index (χ3v) is 3.38. The van der Waals surface area contributed by atoms with Crippen LogP contribution in [0.4, 0.5) is 4.39 Å². The summed E-state index contributed by atoms with van der Waals surface area (Å²) in [7, 11) is 0. The zero-order chi connectivity index (χ0) is 15.4. The molecule has 0 aliphatic rings. The first-order valence-electron chi connectivity index (χ1n) is 7.09. The Morgan fingerprint density at radius 2 is 2.23 bits per heavy atom. The number of nitrogens with one attached hydrogen (secondary N) is 2. The van der Waals surface area contributed by atoms with Crippen LogP contribution in [0, 0.1) is 5.82 Å². The lowest BCUT2D eigenvalue weighted by atomic mass is 10.2. The van der Waals surface area contributed by atoms with E-state index in [1.54, 1.807) is 16.9 Å². The third kappa shape index (κ3) is 3.37. The maximum atomic E-state index is 13.1. The first kappa shape index (κ1) is 14.4. The fourth-order valence-corrected chi connectivity index (χ4v) is 2.31. The lowest BCUT2D eigenvalue weighted by Gasteiger charge is -2.07. The van der Waals surface area contributed by atoms with Crippen molar-refractivity contribution in [3.05, 3.63) is 58.4 Å². The molecular formula is C15H16FN5O. The van der Waals surface area contributed by atoms with Crippen molar-refractivity contribution in [1.29, 1.82) is 0 Å². The summed E-state index contributed by atoms with van der Waals surface area (Å²) in [4.78, 5) is 15.1. The molecule has 114 valence electrons. The van der Waals surface area contributed by atoms with Gasteiger partial charge in [-0.3, -0.25) is 9.48 Å². The molecule has 0 amide bonds. The Labute approximate surface area is 126 Å². The summed E-state index contributed by atoms with van der Waals surface area (Å²) >= 11 is 0. The highest BCUT2D eigenvalue weighted by molar-refractivity contribution is 5.78. The molecule has 0 aliphatic carbocycles. The molecule has 22 heavy (non-hydrogen) atoms. The second kappa shape index (κ2) is 6.48. The predicted molar refractivity (Wildman–Crippen MR) is 80.9 cm³/mol. The largest absolute Gasteiger partial charge is 0.357 e. The third-order valence-electron chi connectivity index (χ3n) is 3.38. The van der Waals surface area contributed by atoms with Gasteiger partial charge in [0.1, 0.15) is 5.82 Å². The lowest BCUT2D eigenvalue weighted by Crippen LogP contribution is -2.19. The van der Waals surface area contributed by atoms with Crippen LogP contribution in [0.3, 0.4) is 0 Å². The standard InChI is InChI=1S/C15H16FN5O/c16-11-2-3-14-13(8-11)15(22)9-12(19-14)10-17-4-1-6-21-7-5-18-20-21/h2-3,5,7-9,17H,1,4,6,10H2,(H,19,22). The van der Waals surface area contributed by atoms with Crippen LogP contribution < -0.4 is 10.7 Å². The van der Waals surface area contributed by atoms with Crippen molar-refractivity contribution in [1.82, 2.24) is 25.3 Å². The summed E-state index contributed by atoms with van der Waals surface area (Å²) in [5.74, 6) is -0.406. The molecule has 0 saturated carbocycles. The van der Waals surface area contributed by atoms with Crippen molar-refractivity contribution in [3.63, 3.8) is 0 Å². The molecule has 0 unspecified atom stereocenters. The van der Waals surface area contributed by atoms with E-state index in [4.69, 9.17) is 0 Å². The Kier molecular flexibility index (Phi) is 4.24.